The molecule has 1 aliphatic heterocycles. The predicted octanol–water partition coefficient (Wildman–Crippen LogP) is 2.91. The van der Waals surface area contributed by atoms with Crippen LogP contribution in [0.3, 0.4) is 0 Å². The third-order valence-electron chi connectivity index (χ3n) is 5.00. The maximum absolute atomic E-state index is 12.1. The molecule has 1 fully saturated rings. The SMILES string of the molecule is Cc1ccc(OC[C@H]2O[C@@H](n3nc([N+](=O)[O-])[nH]c3=O)C[C@@H]2Oc2ccc(C)cc2)cc1. The molecule has 0 amide bonds. The van der Waals surface area contributed by atoms with Crippen LogP contribution in [0.4, 0.5) is 5.95 Å². The van der Waals surface area contributed by atoms with Crippen molar-refractivity contribution in [1.29, 1.82) is 0 Å². The van der Waals surface area contributed by atoms with Gasteiger partial charge in [-0.05, 0) is 43.0 Å². The van der Waals surface area contributed by atoms with Gasteiger partial charge in [-0.15, -0.1) is 4.68 Å². The molecule has 0 saturated carbocycles. The molecule has 10 nitrogen and oxygen atoms in total. The normalized spacial score (nSPS) is 20.5. The van der Waals surface area contributed by atoms with Gasteiger partial charge < -0.3 is 24.3 Å². The predicted molar refractivity (Wildman–Crippen MR) is 110 cm³/mol. The molecule has 10 heteroatoms. The number of hydrogen-bond acceptors (Lipinski definition) is 7. The average molecular weight is 426 g/mol. The lowest BCUT2D eigenvalue weighted by Gasteiger charge is -2.20. The second kappa shape index (κ2) is 8.60. The summed E-state index contributed by atoms with van der Waals surface area (Å²) in [7, 11) is 0. The fraction of sp³-hybridized carbons (Fsp3) is 0.333. The van der Waals surface area contributed by atoms with Crippen molar-refractivity contribution in [3.63, 3.8) is 0 Å². The van der Waals surface area contributed by atoms with E-state index < -0.39 is 35.0 Å². The first-order chi connectivity index (χ1) is 14.9. The van der Waals surface area contributed by atoms with Crippen molar-refractivity contribution >= 4 is 5.95 Å². The molecule has 1 saturated heterocycles. The maximum atomic E-state index is 12.1. The fourth-order valence-electron chi connectivity index (χ4n) is 3.33. The molecule has 3 atom stereocenters. The third-order valence-corrected chi connectivity index (χ3v) is 5.00. The largest absolute Gasteiger partial charge is 0.491 e. The summed E-state index contributed by atoms with van der Waals surface area (Å²) < 4.78 is 18.9. The summed E-state index contributed by atoms with van der Waals surface area (Å²) in [5, 5.41) is 14.7. The van der Waals surface area contributed by atoms with Gasteiger partial charge in [0.1, 0.15) is 30.3 Å². The number of aromatic nitrogens is 3. The summed E-state index contributed by atoms with van der Waals surface area (Å²) in [5.41, 5.74) is 1.50. The molecular weight excluding hydrogens is 404 g/mol. The maximum Gasteiger partial charge on any atom is 0.457 e. The number of nitro groups is 1. The van der Waals surface area contributed by atoms with Gasteiger partial charge in [-0.25, -0.2) is 4.79 Å². The summed E-state index contributed by atoms with van der Waals surface area (Å²) in [4.78, 5) is 24.4. The molecule has 31 heavy (non-hydrogen) atoms. The zero-order chi connectivity index (χ0) is 22.0. The van der Waals surface area contributed by atoms with E-state index in [0.29, 0.717) is 11.5 Å². The Bertz CT molecular complexity index is 1110. The first kappa shape index (κ1) is 20.6. The Balaban J connectivity index is 1.53. The number of aryl methyl sites for hydroxylation is 2. The van der Waals surface area contributed by atoms with Gasteiger partial charge >= 0.3 is 11.6 Å². The van der Waals surface area contributed by atoms with Crippen LogP contribution in [0, 0.1) is 24.0 Å². The summed E-state index contributed by atoms with van der Waals surface area (Å²) in [6.07, 6.45) is -1.51. The Kier molecular flexibility index (Phi) is 5.72. The van der Waals surface area contributed by atoms with Crippen LogP contribution in [-0.2, 0) is 4.74 Å². The van der Waals surface area contributed by atoms with Crippen LogP contribution in [0.25, 0.3) is 0 Å². The highest BCUT2D eigenvalue weighted by Crippen LogP contribution is 2.31. The summed E-state index contributed by atoms with van der Waals surface area (Å²) >= 11 is 0. The zero-order valence-electron chi connectivity index (χ0n) is 17.1. The van der Waals surface area contributed by atoms with E-state index in [2.05, 4.69) is 10.1 Å². The van der Waals surface area contributed by atoms with Crippen molar-refractivity contribution in [2.24, 2.45) is 0 Å². The van der Waals surface area contributed by atoms with E-state index >= 15 is 0 Å². The van der Waals surface area contributed by atoms with Crippen molar-refractivity contribution in [1.82, 2.24) is 14.8 Å². The summed E-state index contributed by atoms with van der Waals surface area (Å²) in [6.45, 7) is 4.14. The number of ether oxygens (including phenoxy) is 3. The van der Waals surface area contributed by atoms with Crippen molar-refractivity contribution in [3.05, 3.63) is 80.3 Å². The monoisotopic (exact) mass is 426 g/mol. The minimum Gasteiger partial charge on any atom is -0.491 e. The molecule has 1 aliphatic rings. The van der Waals surface area contributed by atoms with Crippen LogP contribution >= 0.6 is 0 Å². The highest BCUT2D eigenvalue weighted by molar-refractivity contribution is 5.27. The highest BCUT2D eigenvalue weighted by atomic mass is 16.6. The van der Waals surface area contributed by atoms with Gasteiger partial charge in [0.15, 0.2) is 6.23 Å². The van der Waals surface area contributed by atoms with Gasteiger partial charge in [0.05, 0.1) is 0 Å². The molecule has 2 aromatic carbocycles. The molecule has 2 heterocycles. The third kappa shape index (κ3) is 4.75. The van der Waals surface area contributed by atoms with E-state index in [1.54, 1.807) is 0 Å². The van der Waals surface area contributed by atoms with Gasteiger partial charge in [-0.3, -0.25) is 0 Å². The Morgan fingerprint density at radius 1 is 1.13 bits per heavy atom. The van der Waals surface area contributed by atoms with E-state index in [9.17, 15) is 14.9 Å². The zero-order valence-corrected chi connectivity index (χ0v) is 17.1. The molecule has 162 valence electrons. The average Bonchev–Trinajstić information content (AvgIpc) is 3.32. The van der Waals surface area contributed by atoms with E-state index in [1.165, 1.54) is 0 Å². The standard InChI is InChI=1S/C21H22N4O6/c1-13-3-7-15(8-4-13)29-12-18-17(30-16-9-5-14(2)6-10-16)11-19(31-18)24-21(26)22-20(23-24)25(27)28/h3-10,17-19H,11-12H2,1-2H3,(H,22,23,26)/t17-,18+,19+/m0/s1. The minimum absolute atomic E-state index is 0.178. The number of H-pyrrole nitrogens is 1. The number of hydrogen-bond donors (Lipinski definition) is 1. The topological polar surface area (TPSA) is 122 Å². The number of nitrogens with zero attached hydrogens (tertiary/aromatic N) is 3. The van der Waals surface area contributed by atoms with Crippen molar-refractivity contribution in [2.45, 2.75) is 38.7 Å². The molecule has 0 bridgehead atoms. The van der Waals surface area contributed by atoms with E-state index in [4.69, 9.17) is 14.2 Å². The van der Waals surface area contributed by atoms with Gasteiger partial charge in [-0.2, -0.15) is 4.98 Å². The van der Waals surface area contributed by atoms with Crippen LogP contribution in [0.15, 0.2) is 53.3 Å². The van der Waals surface area contributed by atoms with Crippen LogP contribution in [0.5, 0.6) is 11.5 Å². The van der Waals surface area contributed by atoms with Crippen molar-refractivity contribution in [2.75, 3.05) is 6.61 Å². The Morgan fingerprint density at radius 2 is 1.74 bits per heavy atom. The van der Waals surface area contributed by atoms with E-state index in [1.807, 2.05) is 62.4 Å². The van der Waals surface area contributed by atoms with E-state index in [-0.39, 0.29) is 13.0 Å². The Labute approximate surface area is 177 Å². The lowest BCUT2D eigenvalue weighted by molar-refractivity contribution is -0.394. The van der Waals surface area contributed by atoms with Crippen molar-refractivity contribution in [3.8, 4) is 11.5 Å². The number of aromatic amines is 1. The molecule has 1 aromatic heterocycles. The van der Waals surface area contributed by atoms with Crippen LogP contribution in [0.1, 0.15) is 23.8 Å². The molecule has 4 rings (SSSR count). The molecule has 0 spiro atoms. The number of benzene rings is 2. The number of nitrogens with one attached hydrogen (secondary N) is 1. The van der Waals surface area contributed by atoms with Crippen LogP contribution in [0.2, 0.25) is 0 Å². The Hall–Kier alpha value is -3.66. The first-order valence-corrected chi connectivity index (χ1v) is 9.80. The second-order valence-corrected chi connectivity index (χ2v) is 7.41. The quantitative estimate of drug-likeness (QED) is 0.455. The van der Waals surface area contributed by atoms with Gasteiger partial charge in [0, 0.05) is 11.5 Å². The van der Waals surface area contributed by atoms with Gasteiger partial charge in [0.25, 0.3) is 0 Å². The van der Waals surface area contributed by atoms with Crippen LogP contribution in [-0.4, -0.2) is 38.5 Å². The fourth-order valence-corrected chi connectivity index (χ4v) is 3.33. The molecular formula is C21H22N4O6. The van der Waals surface area contributed by atoms with Gasteiger partial charge in [-0.1, -0.05) is 35.4 Å². The lowest BCUT2D eigenvalue weighted by Crippen LogP contribution is -2.32. The minimum atomic E-state index is -0.820. The Morgan fingerprint density at radius 3 is 2.32 bits per heavy atom. The summed E-state index contributed by atoms with van der Waals surface area (Å²) in [5.74, 6) is 0.698. The van der Waals surface area contributed by atoms with E-state index in [0.717, 1.165) is 15.8 Å². The smallest absolute Gasteiger partial charge is 0.457 e. The molecule has 0 unspecified atom stereocenters. The summed E-state index contributed by atoms with van der Waals surface area (Å²) in [6, 6.07) is 15.2. The molecule has 3 aromatic rings. The second-order valence-electron chi connectivity index (χ2n) is 7.41. The highest BCUT2D eigenvalue weighted by Gasteiger charge is 2.41. The first-order valence-electron chi connectivity index (χ1n) is 9.80. The molecule has 0 radical (unpaired) electrons. The molecule has 0 aliphatic carbocycles. The van der Waals surface area contributed by atoms with Gasteiger partial charge in [0.2, 0.25) is 0 Å². The lowest BCUT2D eigenvalue weighted by atomic mass is 10.1. The molecule has 1 N–H and O–H groups in total. The van der Waals surface area contributed by atoms with Crippen molar-refractivity contribution < 1.29 is 19.1 Å². The number of rotatable bonds is 7. The van der Waals surface area contributed by atoms with Crippen LogP contribution < -0.4 is 15.2 Å².